The number of ether oxygens (including phenoxy) is 3. The molecule has 2 rings (SSSR count). The Balaban J connectivity index is 1.87. The Kier molecular flexibility index (Phi) is 17.0. The molecule has 0 saturated carbocycles. The summed E-state index contributed by atoms with van der Waals surface area (Å²) in [5.41, 5.74) is 0.0150. The van der Waals surface area contributed by atoms with Crippen LogP contribution in [0.1, 0.15) is 51.5 Å². The first-order valence-corrected chi connectivity index (χ1v) is 15.0. The van der Waals surface area contributed by atoms with E-state index in [0.717, 1.165) is 31.2 Å². The quantitative estimate of drug-likeness (QED) is 0.0483. The van der Waals surface area contributed by atoms with Gasteiger partial charge in [-0.25, -0.2) is 8.78 Å². The number of nitrogens with one attached hydrogen (secondary N) is 3. The van der Waals surface area contributed by atoms with Crippen molar-refractivity contribution in [3.63, 3.8) is 0 Å². The van der Waals surface area contributed by atoms with Crippen LogP contribution in [-0.2, 0) is 28.7 Å². The Morgan fingerprint density at radius 2 is 1.84 bits per heavy atom. The molecule has 254 valence electrons. The number of rotatable bonds is 19. The maximum atomic E-state index is 14.0. The van der Waals surface area contributed by atoms with Crippen LogP contribution in [0, 0.1) is 0 Å². The number of aliphatic hydroxyl groups excluding tert-OH is 3. The molecule has 3 amide bonds. The first-order chi connectivity index (χ1) is 21.5. The molecule has 0 radical (unpaired) electrons. The van der Waals surface area contributed by atoms with Crippen LogP contribution in [0.3, 0.4) is 0 Å². The Bertz CT molecular complexity index is 1130. The van der Waals surface area contributed by atoms with Crippen LogP contribution in [0.5, 0.6) is 5.75 Å². The van der Waals surface area contributed by atoms with E-state index in [2.05, 4.69) is 33.7 Å². The van der Waals surface area contributed by atoms with Gasteiger partial charge in [-0.05, 0) is 50.1 Å². The van der Waals surface area contributed by atoms with Crippen molar-refractivity contribution >= 4 is 41.7 Å². The van der Waals surface area contributed by atoms with Gasteiger partial charge in [-0.15, -0.1) is 0 Å². The molecule has 45 heavy (non-hydrogen) atoms. The molecule has 1 heterocycles. The van der Waals surface area contributed by atoms with Crippen LogP contribution in [0.25, 0.3) is 0 Å². The molecule has 0 aliphatic carbocycles. The maximum absolute atomic E-state index is 14.0. The van der Waals surface area contributed by atoms with Crippen LogP contribution in [0.2, 0.25) is 0 Å². The molecule has 1 aromatic rings. The van der Waals surface area contributed by atoms with Gasteiger partial charge >= 0.3 is 0 Å². The zero-order valence-electron chi connectivity index (χ0n) is 25.1. The van der Waals surface area contributed by atoms with Gasteiger partial charge in [0.25, 0.3) is 12.3 Å². The predicted molar refractivity (Wildman–Crippen MR) is 161 cm³/mol. The molecule has 14 nitrogen and oxygen atoms in total. The van der Waals surface area contributed by atoms with Crippen LogP contribution in [0.4, 0.5) is 14.5 Å². The smallest absolute Gasteiger partial charge is 0.267 e. The van der Waals surface area contributed by atoms with Gasteiger partial charge in [-0.2, -0.15) is 12.6 Å². The largest absolute Gasteiger partial charge is 0.462 e. The fourth-order valence-corrected chi connectivity index (χ4v) is 4.29. The number of nitrogens with zero attached hydrogens (tertiary/aromatic N) is 1. The van der Waals surface area contributed by atoms with Crippen molar-refractivity contribution in [1.29, 1.82) is 0 Å². The number of oxime groups is 1. The van der Waals surface area contributed by atoms with Crippen LogP contribution < -0.4 is 20.7 Å². The van der Waals surface area contributed by atoms with Gasteiger partial charge in [0, 0.05) is 32.2 Å². The number of thiol groups is 1. The summed E-state index contributed by atoms with van der Waals surface area (Å²) < 4.78 is 44.2. The van der Waals surface area contributed by atoms with Crippen molar-refractivity contribution in [3.05, 3.63) is 23.8 Å². The van der Waals surface area contributed by atoms with Gasteiger partial charge in [-0.1, -0.05) is 5.16 Å². The topological polar surface area (TPSA) is 197 Å². The maximum Gasteiger partial charge on any atom is 0.267 e. The normalized spacial score (nSPS) is 21.7. The fraction of sp³-hybridized carbons (Fsp3) is 0.643. The lowest BCUT2D eigenvalue weighted by molar-refractivity contribution is -0.244. The molecule has 17 heteroatoms. The number of hydrogen-bond donors (Lipinski definition) is 7. The fourth-order valence-electron chi connectivity index (χ4n) is 4.16. The Labute approximate surface area is 265 Å². The molecule has 1 aromatic carbocycles. The van der Waals surface area contributed by atoms with Gasteiger partial charge < -0.3 is 50.3 Å². The van der Waals surface area contributed by atoms with E-state index in [4.69, 9.17) is 19.0 Å². The van der Waals surface area contributed by atoms with Crippen molar-refractivity contribution in [2.45, 2.75) is 76.6 Å². The molecule has 1 aliphatic heterocycles. The summed E-state index contributed by atoms with van der Waals surface area (Å²) in [6.07, 6.45) is -7.45. The second-order valence-corrected chi connectivity index (χ2v) is 10.6. The zero-order chi connectivity index (χ0) is 33.4. The first kappa shape index (κ1) is 38.1. The number of amides is 3. The summed E-state index contributed by atoms with van der Waals surface area (Å²) in [4.78, 5) is 40.8. The molecular weight excluding hydrogens is 622 g/mol. The minimum Gasteiger partial charge on any atom is -0.462 e. The van der Waals surface area contributed by atoms with Gasteiger partial charge in [0.05, 0.1) is 24.5 Å². The molecule has 5 atom stereocenters. The summed E-state index contributed by atoms with van der Waals surface area (Å²) in [7, 11) is 0. The second kappa shape index (κ2) is 20.1. The number of anilines is 1. The number of carbonyl (C=O) groups is 3. The van der Waals surface area contributed by atoms with E-state index in [0.29, 0.717) is 38.3 Å². The molecule has 2 unspecified atom stereocenters. The Hall–Kier alpha value is -3.09. The van der Waals surface area contributed by atoms with Crippen molar-refractivity contribution in [3.8, 4) is 5.75 Å². The van der Waals surface area contributed by atoms with Gasteiger partial charge in [0.15, 0.2) is 6.61 Å². The van der Waals surface area contributed by atoms with E-state index in [1.807, 2.05) is 0 Å². The van der Waals surface area contributed by atoms with Gasteiger partial charge in [0.2, 0.25) is 18.1 Å². The summed E-state index contributed by atoms with van der Waals surface area (Å²) in [6.45, 7) is 3.13. The predicted octanol–water partition coefficient (Wildman–Crippen LogP) is 0.901. The lowest BCUT2D eigenvalue weighted by atomic mass is 9.97. The monoisotopic (exact) mass is 664 g/mol. The second-order valence-electron chi connectivity index (χ2n) is 10.1. The third-order valence-electron chi connectivity index (χ3n) is 6.40. The molecule has 1 fully saturated rings. The number of alkyl halides is 2. The van der Waals surface area contributed by atoms with Crippen molar-refractivity contribution in [2.24, 2.45) is 5.16 Å². The van der Waals surface area contributed by atoms with E-state index in [1.165, 1.54) is 6.07 Å². The van der Waals surface area contributed by atoms with E-state index < -0.39 is 61.1 Å². The molecule has 0 bridgehead atoms. The van der Waals surface area contributed by atoms with Crippen LogP contribution in [-0.4, -0.2) is 108 Å². The van der Waals surface area contributed by atoms with Gasteiger partial charge in [0.1, 0.15) is 30.1 Å². The Morgan fingerprint density at radius 3 is 2.51 bits per heavy atom. The molecule has 1 aliphatic rings. The summed E-state index contributed by atoms with van der Waals surface area (Å²) in [5, 5.41) is 41.4. The molecule has 0 spiro atoms. The molecule has 0 aromatic heterocycles. The summed E-state index contributed by atoms with van der Waals surface area (Å²) in [6, 6.07) is 2.17. The lowest BCUT2D eigenvalue weighted by Crippen LogP contribution is -2.65. The average molecular weight is 665 g/mol. The highest BCUT2D eigenvalue weighted by Crippen LogP contribution is 2.34. The van der Waals surface area contributed by atoms with E-state index in [9.17, 15) is 38.5 Å². The van der Waals surface area contributed by atoms with E-state index in [-0.39, 0.29) is 30.4 Å². The summed E-state index contributed by atoms with van der Waals surface area (Å²) >= 11 is 4.08. The first-order valence-electron chi connectivity index (χ1n) is 14.4. The van der Waals surface area contributed by atoms with Crippen molar-refractivity contribution in [2.75, 3.05) is 44.0 Å². The minimum atomic E-state index is -3.04. The highest BCUT2D eigenvalue weighted by Gasteiger charge is 2.46. The third-order valence-corrected chi connectivity index (χ3v) is 6.71. The zero-order valence-corrected chi connectivity index (χ0v) is 26.0. The number of hydrogen-bond acceptors (Lipinski definition) is 12. The van der Waals surface area contributed by atoms with Crippen LogP contribution >= 0.6 is 12.6 Å². The van der Waals surface area contributed by atoms with Crippen molar-refractivity contribution in [1.82, 2.24) is 10.6 Å². The van der Waals surface area contributed by atoms with Crippen LogP contribution in [0.15, 0.2) is 23.4 Å². The highest BCUT2D eigenvalue weighted by molar-refractivity contribution is 7.80. The SMILES string of the molecule is CC(=O)NC1[C@H](Oc2ccc(NC(=O)CCC/C(C)=N/OCC(=O)NCCOCCCS)cc2C(F)F)OC(CO)[C@@H](O)[C@@H]1O. The number of aliphatic hydroxyl groups is 3. The number of benzene rings is 1. The van der Waals surface area contributed by atoms with E-state index >= 15 is 0 Å². The average Bonchev–Trinajstić information content (AvgIpc) is 2.99. The minimum absolute atomic E-state index is 0.0416. The molecular formula is C28H42F2N4O10S. The number of carbonyl (C=O) groups excluding carboxylic acids is 3. The van der Waals surface area contributed by atoms with E-state index in [1.54, 1.807) is 6.92 Å². The Morgan fingerprint density at radius 1 is 1.09 bits per heavy atom. The lowest BCUT2D eigenvalue weighted by Gasteiger charge is -2.42. The summed E-state index contributed by atoms with van der Waals surface area (Å²) in [5.74, 6) is -1.04. The highest BCUT2D eigenvalue weighted by atomic mass is 32.1. The number of halogens is 2. The molecule has 1 saturated heterocycles. The van der Waals surface area contributed by atoms with Gasteiger partial charge in [-0.3, -0.25) is 14.4 Å². The standard InChI is InChI=1S/C28H42F2N4O10S/c1-16(34-42-15-23(38)31-9-11-41-10-4-12-45)5-3-6-22(37)33-18-7-8-20(19(13-18)27(29)30)43-28-24(32-17(2)36)26(40)25(39)21(14-35)44-28/h7-8,13,21,24-28,35,39-40,45H,3-6,9-12,14-15H2,1-2H3,(H,31,38)(H,32,36)(H,33,37)/b34-16+/t21?,24?,25-,26-,28-/m1/s1. The van der Waals surface area contributed by atoms with Crippen molar-refractivity contribution < 1.29 is 57.5 Å². The molecule has 6 N–H and O–H groups in total. The third kappa shape index (κ3) is 13.4.